The first kappa shape index (κ1) is 43.2. The number of hydrogen-bond donors (Lipinski definition) is 0. The molecule has 0 amide bonds. The van der Waals surface area contributed by atoms with E-state index in [1.165, 1.54) is 161 Å². The standard InChI is InChI=1S/C36H52N2S4.6CH3.2Sn/c1-3-5-7-9-11-13-15-17-19-21-23-29-25-27-39-31(29)33-37-35-36(41-33)38-34(42-35)32-30(26-28-40-32)24-22-20-18-16-14-12-10-8-6-4-2;;;;;;;;/h25-26H,3-24H2,1-2H3;6*1H3;;. The maximum atomic E-state index is 5.32. The van der Waals surface area contributed by atoms with Crippen molar-refractivity contribution < 1.29 is 0 Å². The van der Waals surface area contributed by atoms with E-state index >= 15 is 0 Å². The minimum atomic E-state index is -2.19. The third-order valence-corrected chi connectivity index (χ3v) is 33.6. The zero-order chi connectivity index (χ0) is 36.0. The average molecular weight is 969 g/mol. The van der Waals surface area contributed by atoms with Gasteiger partial charge in [-0.25, -0.2) is 0 Å². The zero-order valence-electron chi connectivity index (χ0n) is 33.2. The van der Waals surface area contributed by atoms with E-state index in [0.29, 0.717) is 0 Å². The van der Waals surface area contributed by atoms with Crippen LogP contribution in [-0.4, -0.2) is 46.7 Å². The van der Waals surface area contributed by atoms with E-state index in [1.54, 1.807) is 16.9 Å². The summed E-state index contributed by atoms with van der Waals surface area (Å²) >= 11 is 3.49. The third kappa shape index (κ3) is 14.0. The van der Waals surface area contributed by atoms with Crippen molar-refractivity contribution in [1.29, 1.82) is 0 Å². The van der Waals surface area contributed by atoms with Gasteiger partial charge in [0.25, 0.3) is 0 Å². The van der Waals surface area contributed by atoms with Crippen LogP contribution in [0.4, 0.5) is 0 Å². The number of nitrogens with zero attached hydrogens (tertiary/aromatic N) is 2. The summed E-state index contributed by atoms with van der Waals surface area (Å²) in [5.41, 5.74) is 3.13. The summed E-state index contributed by atoms with van der Waals surface area (Å²) in [5, 5.41) is 2.45. The van der Waals surface area contributed by atoms with E-state index in [2.05, 4.69) is 78.3 Å². The van der Waals surface area contributed by atoms with E-state index in [9.17, 15) is 0 Å². The molecule has 0 aliphatic carbocycles. The van der Waals surface area contributed by atoms with Crippen molar-refractivity contribution in [2.45, 2.75) is 185 Å². The van der Waals surface area contributed by atoms with Gasteiger partial charge in [0.2, 0.25) is 0 Å². The Bertz CT molecular complexity index is 1390. The van der Waals surface area contributed by atoms with Crippen molar-refractivity contribution in [1.82, 2.24) is 9.97 Å². The fraction of sp³-hybridized carbons (Fsp3) is 0.714. The summed E-state index contributed by atoms with van der Waals surface area (Å²) in [4.78, 5) is 31.2. The number of thiophene rings is 2. The van der Waals surface area contributed by atoms with Crippen molar-refractivity contribution in [2.24, 2.45) is 0 Å². The van der Waals surface area contributed by atoms with Gasteiger partial charge in [-0.05, 0) is 0 Å². The Morgan fingerprint density at radius 1 is 0.420 bits per heavy atom. The molecular weight excluding hydrogens is 898 g/mol. The van der Waals surface area contributed by atoms with Crippen molar-refractivity contribution in [2.75, 3.05) is 0 Å². The monoisotopic (exact) mass is 970 g/mol. The van der Waals surface area contributed by atoms with E-state index in [1.807, 2.05) is 22.7 Å². The Balaban J connectivity index is 1.39. The van der Waals surface area contributed by atoms with Gasteiger partial charge in [-0.2, -0.15) is 0 Å². The molecule has 280 valence electrons. The Morgan fingerprint density at radius 3 is 1.02 bits per heavy atom. The molecule has 0 saturated carbocycles. The van der Waals surface area contributed by atoms with Crippen LogP contribution in [-0.2, 0) is 12.8 Å². The number of rotatable bonds is 26. The molecular formula is C42H70N2S4Sn2. The van der Waals surface area contributed by atoms with Crippen LogP contribution in [0.15, 0.2) is 12.1 Å². The first-order valence-electron chi connectivity index (χ1n) is 20.6. The number of unbranched alkanes of at least 4 members (excludes halogenated alkanes) is 18. The summed E-state index contributed by atoms with van der Waals surface area (Å²) in [6.45, 7) is 4.61. The van der Waals surface area contributed by atoms with Gasteiger partial charge in [0, 0.05) is 0 Å². The molecule has 2 nitrogen and oxygen atoms in total. The molecule has 4 aromatic rings. The molecule has 8 heteroatoms. The van der Waals surface area contributed by atoms with Gasteiger partial charge in [0.05, 0.1) is 0 Å². The number of thiazole rings is 2. The molecule has 0 unspecified atom stereocenters. The second kappa shape index (κ2) is 22.2. The average Bonchev–Trinajstić information content (AvgIpc) is 3.84. The fourth-order valence-corrected chi connectivity index (χ4v) is 22.0. The summed E-state index contributed by atoms with van der Waals surface area (Å²) < 4.78 is 3.39. The number of aryl methyl sites for hydroxylation is 2. The second-order valence-corrected chi connectivity index (χ2v) is 51.8. The maximum absolute atomic E-state index is 5.32. The van der Waals surface area contributed by atoms with E-state index in [-0.39, 0.29) is 0 Å². The predicted molar refractivity (Wildman–Crippen MR) is 239 cm³/mol. The van der Waals surface area contributed by atoms with Crippen LogP contribution < -0.4 is 5.79 Å². The molecule has 4 heterocycles. The van der Waals surface area contributed by atoms with Gasteiger partial charge in [0.1, 0.15) is 0 Å². The molecule has 4 rings (SSSR count). The van der Waals surface area contributed by atoms with Gasteiger partial charge in [-0.15, -0.1) is 0 Å². The Labute approximate surface area is 331 Å². The van der Waals surface area contributed by atoms with Crippen molar-refractivity contribution in [3.63, 3.8) is 0 Å². The Hall–Kier alpha value is 0.517. The Kier molecular flexibility index (Phi) is 19.2. The van der Waals surface area contributed by atoms with Crippen molar-refractivity contribution >= 4 is 97.5 Å². The molecule has 0 saturated heterocycles. The summed E-state index contributed by atoms with van der Waals surface area (Å²) in [6.07, 6.45) is 30.3. The van der Waals surface area contributed by atoms with Crippen LogP contribution in [0, 0.1) is 0 Å². The van der Waals surface area contributed by atoms with Gasteiger partial charge < -0.3 is 0 Å². The van der Waals surface area contributed by atoms with Gasteiger partial charge in [-0.1, -0.05) is 39.5 Å². The molecule has 0 bridgehead atoms. The first-order valence-corrected chi connectivity index (χ1v) is 43.8. The first-order chi connectivity index (χ1) is 24.0. The number of hydrogen-bond acceptors (Lipinski definition) is 6. The molecule has 4 aromatic heterocycles. The van der Waals surface area contributed by atoms with Gasteiger partial charge in [-0.3, -0.25) is 0 Å². The minimum absolute atomic E-state index is 1.15. The molecule has 0 aromatic carbocycles. The molecule has 0 N–H and O–H groups in total. The number of aromatic nitrogens is 2. The molecule has 0 aliphatic heterocycles. The Morgan fingerprint density at radius 2 is 0.720 bits per heavy atom. The molecule has 0 fully saturated rings. The van der Waals surface area contributed by atoms with Crippen molar-refractivity contribution in [3.05, 3.63) is 23.3 Å². The van der Waals surface area contributed by atoms with Crippen molar-refractivity contribution in [3.8, 4) is 19.8 Å². The second-order valence-electron chi connectivity index (χ2n) is 16.9. The van der Waals surface area contributed by atoms with E-state index < -0.39 is 36.8 Å². The van der Waals surface area contributed by atoms with Gasteiger partial charge in [0.15, 0.2) is 0 Å². The fourth-order valence-electron chi connectivity index (χ4n) is 6.77. The zero-order valence-corrected chi connectivity index (χ0v) is 42.2. The van der Waals surface area contributed by atoms with Gasteiger partial charge >= 0.3 is 296 Å². The molecule has 50 heavy (non-hydrogen) atoms. The summed E-state index contributed by atoms with van der Waals surface area (Å²) in [6, 6.07) is 5.20. The SMILES string of the molecule is CCCCCCCCCCCCc1c[c]([Sn]([CH3])([CH3])[CH3])sc1-c1nc2sc(-c3s[c]([Sn]([CH3])([CH3])[CH3])cc3CCCCCCCCCCCC)nc2s1. The molecule has 0 atom stereocenters. The molecule has 0 radical (unpaired) electrons. The normalized spacial score (nSPS) is 12.6. The number of fused-ring (bicyclic) bond motifs is 1. The summed E-state index contributed by atoms with van der Waals surface area (Å²) in [5.74, 6) is 0. The summed E-state index contributed by atoms with van der Waals surface area (Å²) in [7, 11) is 0. The molecule has 0 aliphatic rings. The van der Waals surface area contributed by atoms with Crippen LogP contribution in [0.5, 0.6) is 0 Å². The molecule has 0 spiro atoms. The predicted octanol–water partition coefficient (Wildman–Crippen LogP) is 15.2. The van der Waals surface area contributed by atoms with Crippen LogP contribution in [0.3, 0.4) is 0 Å². The van der Waals surface area contributed by atoms with Crippen LogP contribution in [0.2, 0.25) is 29.6 Å². The third-order valence-electron chi connectivity index (χ3n) is 10.1. The van der Waals surface area contributed by atoms with Crippen LogP contribution in [0.1, 0.15) is 153 Å². The van der Waals surface area contributed by atoms with Crippen LogP contribution in [0.25, 0.3) is 29.4 Å². The van der Waals surface area contributed by atoms with Crippen LogP contribution >= 0.6 is 45.3 Å². The van der Waals surface area contributed by atoms with E-state index in [4.69, 9.17) is 9.97 Å². The quantitative estimate of drug-likeness (QED) is 0.0463. The topological polar surface area (TPSA) is 25.8 Å². The van der Waals surface area contributed by atoms with E-state index in [0.717, 1.165) is 9.66 Å².